The molecule has 0 N–H and O–H groups in total. The van der Waals surface area contributed by atoms with Gasteiger partial charge in [0, 0.05) is 24.7 Å². The van der Waals surface area contributed by atoms with E-state index in [0.717, 1.165) is 5.56 Å². The maximum absolute atomic E-state index is 12.4. The number of non-ortho nitro benzene ring substituents is 1. The smallest absolute Gasteiger partial charge is 0.265 e. The molecule has 0 aliphatic rings. The van der Waals surface area contributed by atoms with E-state index in [4.69, 9.17) is 0 Å². The predicted octanol–water partition coefficient (Wildman–Crippen LogP) is 2.09. The van der Waals surface area contributed by atoms with Crippen LogP contribution in [0.2, 0.25) is 0 Å². The van der Waals surface area contributed by atoms with Gasteiger partial charge in [-0.1, -0.05) is 30.3 Å². The van der Waals surface area contributed by atoms with Gasteiger partial charge in [-0.15, -0.1) is 10.2 Å². The van der Waals surface area contributed by atoms with E-state index in [0.29, 0.717) is 16.9 Å². The van der Waals surface area contributed by atoms with Crippen LogP contribution in [0.3, 0.4) is 0 Å². The van der Waals surface area contributed by atoms with Gasteiger partial charge >= 0.3 is 0 Å². The molecule has 2 heterocycles. The van der Waals surface area contributed by atoms with Crippen LogP contribution in [0, 0.1) is 10.1 Å². The van der Waals surface area contributed by atoms with E-state index in [1.165, 1.54) is 33.7 Å². The molecule has 0 bridgehead atoms. The SMILES string of the molecule is Cn1nc(-c2ccccc2)c2nn(-c3ccc([N+](=O)[O-])cc3)nc2c1=O. The van der Waals surface area contributed by atoms with Crippen molar-refractivity contribution in [3.05, 3.63) is 75.1 Å². The summed E-state index contributed by atoms with van der Waals surface area (Å²) in [6.07, 6.45) is 0. The van der Waals surface area contributed by atoms with Crippen LogP contribution in [0.15, 0.2) is 59.4 Å². The third-order valence-corrected chi connectivity index (χ3v) is 3.92. The van der Waals surface area contributed by atoms with Gasteiger partial charge in [0.25, 0.3) is 11.2 Å². The first kappa shape index (κ1) is 15.6. The molecule has 0 radical (unpaired) electrons. The van der Waals surface area contributed by atoms with Crippen molar-refractivity contribution in [2.24, 2.45) is 7.05 Å². The Morgan fingerprint density at radius 1 is 0.923 bits per heavy atom. The second-order valence-corrected chi connectivity index (χ2v) is 5.60. The number of hydrogen-bond acceptors (Lipinski definition) is 6. The minimum Gasteiger partial charge on any atom is -0.265 e. The van der Waals surface area contributed by atoms with E-state index in [2.05, 4.69) is 15.3 Å². The van der Waals surface area contributed by atoms with Crippen LogP contribution < -0.4 is 5.56 Å². The van der Waals surface area contributed by atoms with Crippen molar-refractivity contribution in [1.82, 2.24) is 24.8 Å². The summed E-state index contributed by atoms with van der Waals surface area (Å²) >= 11 is 0. The van der Waals surface area contributed by atoms with Crippen molar-refractivity contribution >= 4 is 16.7 Å². The maximum atomic E-state index is 12.4. The van der Waals surface area contributed by atoms with Crippen LogP contribution in [0.25, 0.3) is 28.0 Å². The topological polar surface area (TPSA) is 109 Å². The largest absolute Gasteiger partial charge is 0.296 e. The van der Waals surface area contributed by atoms with Gasteiger partial charge in [-0.05, 0) is 12.1 Å². The highest BCUT2D eigenvalue weighted by atomic mass is 16.6. The zero-order valence-electron chi connectivity index (χ0n) is 13.6. The summed E-state index contributed by atoms with van der Waals surface area (Å²) in [6.45, 7) is 0. The number of nitro benzene ring substituents is 1. The lowest BCUT2D eigenvalue weighted by atomic mass is 10.1. The number of aryl methyl sites for hydroxylation is 1. The van der Waals surface area contributed by atoms with Crippen molar-refractivity contribution in [1.29, 1.82) is 0 Å². The second-order valence-electron chi connectivity index (χ2n) is 5.60. The maximum Gasteiger partial charge on any atom is 0.296 e. The zero-order valence-corrected chi connectivity index (χ0v) is 13.6. The zero-order chi connectivity index (χ0) is 18.3. The summed E-state index contributed by atoms with van der Waals surface area (Å²) in [5, 5.41) is 23.8. The summed E-state index contributed by atoms with van der Waals surface area (Å²) in [4.78, 5) is 24.0. The van der Waals surface area contributed by atoms with E-state index in [1.807, 2.05) is 30.3 Å². The fraction of sp³-hybridized carbons (Fsp3) is 0.0588. The number of hydrogen-bond donors (Lipinski definition) is 0. The van der Waals surface area contributed by atoms with E-state index < -0.39 is 4.92 Å². The molecule has 26 heavy (non-hydrogen) atoms. The van der Waals surface area contributed by atoms with Gasteiger partial charge in [-0.25, -0.2) is 4.68 Å². The Balaban J connectivity index is 1.93. The average molecular weight is 348 g/mol. The van der Waals surface area contributed by atoms with Crippen molar-refractivity contribution in [2.45, 2.75) is 0 Å². The molecule has 4 aromatic rings. The third-order valence-electron chi connectivity index (χ3n) is 3.92. The standard InChI is InChI=1S/C17H12N6O3/c1-21-17(24)16-15(14(18-21)11-5-3-2-4-6-11)19-22(20-16)12-7-9-13(10-8-12)23(25)26/h2-10H,1H3. The molecular formula is C17H12N6O3. The van der Waals surface area contributed by atoms with Crippen LogP contribution in [-0.4, -0.2) is 29.7 Å². The number of fused-ring (bicyclic) bond motifs is 1. The summed E-state index contributed by atoms with van der Waals surface area (Å²) in [5.74, 6) is 0. The molecule has 0 atom stereocenters. The Morgan fingerprint density at radius 2 is 1.58 bits per heavy atom. The Bertz CT molecular complexity index is 1180. The molecule has 0 spiro atoms. The third kappa shape index (κ3) is 2.51. The Morgan fingerprint density at radius 3 is 2.23 bits per heavy atom. The van der Waals surface area contributed by atoms with E-state index in [-0.39, 0.29) is 16.8 Å². The highest BCUT2D eigenvalue weighted by Crippen LogP contribution is 2.23. The van der Waals surface area contributed by atoms with Crippen molar-refractivity contribution in [3.8, 4) is 16.9 Å². The molecule has 0 amide bonds. The molecule has 0 aliphatic heterocycles. The normalized spacial score (nSPS) is 11.0. The van der Waals surface area contributed by atoms with Gasteiger partial charge in [-0.3, -0.25) is 14.9 Å². The quantitative estimate of drug-likeness (QED) is 0.414. The molecule has 0 saturated heterocycles. The number of benzene rings is 2. The van der Waals surface area contributed by atoms with Crippen molar-refractivity contribution in [2.75, 3.05) is 0 Å². The lowest BCUT2D eigenvalue weighted by Crippen LogP contribution is -2.20. The highest BCUT2D eigenvalue weighted by Gasteiger charge is 2.17. The minimum absolute atomic E-state index is 0.0342. The first-order valence-electron chi connectivity index (χ1n) is 7.69. The van der Waals surface area contributed by atoms with Gasteiger partial charge < -0.3 is 0 Å². The molecule has 4 rings (SSSR count). The monoisotopic (exact) mass is 348 g/mol. The molecule has 2 aromatic carbocycles. The van der Waals surface area contributed by atoms with Gasteiger partial charge in [0.15, 0.2) is 5.52 Å². The second kappa shape index (κ2) is 5.88. The van der Waals surface area contributed by atoms with Crippen LogP contribution >= 0.6 is 0 Å². The lowest BCUT2D eigenvalue weighted by molar-refractivity contribution is -0.384. The molecule has 0 aliphatic carbocycles. The number of nitro groups is 1. The molecule has 2 aromatic heterocycles. The fourth-order valence-electron chi connectivity index (χ4n) is 2.62. The molecule has 0 unspecified atom stereocenters. The van der Waals surface area contributed by atoms with Crippen LogP contribution in [0.5, 0.6) is 0 Å². The molecular weight excluding hydrogens is 336 g/mol. The van der Waals surface area contributed by atoms with Crippen molar-refractivity contribution in [3.63, 3.8) is 0 Å². The van der Waals surface area contributed by atoms with E-state index in [1.54, 1.807) is 7.05 Å². The Hall–Kier alpha value is -3.88. The summed E-state index contributed by atoms with van der Waals surface area (Å²) in [5.41, 5.74) is 2.01. The lowest BCUT2D eigenvalue weighted by Gasteiger charge is -2.03. The highest BCUT2D eigenvalue weighted by molar-refractivity contribution is 5.87. The summed E-state index contributed by atoms with van der Waals surface area (Å²) in [6, 6.07) is 15.1. The van der Waals surface area contributed by atoms with Gasteiger partial charge in [0.2, 0.25) is 0 Å². The Kier molecular flexibility index (Phi) is 3.54. The summed E-state index contributed by atoms with van der Waals surface area (Å²) < 4.78 is 1.22. The molecule has 128 valence electrons. The van der Waals surface area contributed by atoms with E-state index >= 15 is 0 Å². The van der Waals surface area contributed by atoms with E-state index in [9.17, 15) is 14.9 Å². The molecule has 0 saturated carbocycles. The fourth-order valence-corrected chi connectivity index (χ4v) is 2.62. The van der Waals surface area contributed by atoms with Crippen molar-refractivity contribution < 1.29 is 4.92 Å². The first-order chi connectivity index (χ1) is 12.5. The molecule has 0 fully saturated rings. The average Bonchev–Trinajstić information content (AvgIpc) is 3.11. The number of aromatic nitrogens is 5. The van der Waals surface area contributed by atoms with Crippen LogP contribution in [-0.2, 0) is 7.05 Å². The first-order valence-corrected chi connectivity index (χ1v) is 7.69. The minimum atomic E-state index is -0.482. The number of nitrogens with zero attached hydrogens (tertiary/aromatic N) is 6. The predicted molar refractivity (Wildman–Crippen MR) is 94.0 cm³/mol. The number of rotatable bonds is 3. The van der Waals surface area contributed by atoms with Gasteiger partial charge in [0.1, 0.15) is 11.2 Å². The van der Waals surface area contributed by atoms with Gasteiger partial charge in [-0.2, -0.15) is 9.90 Å². The van der Waals surface area contributed by atoms with Crippen LogP contribution in [0.1, 0.15) is 0 Å². The molecule has 9 heteroatoms. The summed E-state index contributed by atoms with van der Waals surface area (Å²) in [7, 11) is 1.55. The van der Waals surface area contributed by atoms with Gasteiger partial charge in [0.05, 0.1) is 10.6 Å². The molecule has 9 nitrogen and oxygen atoms in total. The Labute approximate surface area is 146 Å². The van der Waals surface area contributed by atoms with Crippen LogP contribution in [0.4, 0.5) is 5.69 Å².